The van der Waals surface area contributed by atoms with Crippen molar-refractivity contribution in [1.82, 2.24) is 0 Å². The van der Waals surface area contributed by atoms with E-state index in [-0.39, 0.29) is 0 Å². The summed E-state index contributed by atoms with van der Waals surface area (Å²) in [6, 6.07) is 19.0. The molecule has 0 N–H and O–H groups in total. The molecule has 0 saturated heterocycles. The minimum Gasteiger partial charge on any atom is -0.341 e. The number of hydrogen-bond acceptors (Lipinski definition) is 2. The van der Waals surface area contributed by atoms with E-state index in [4.69, 9.17) is 5.26 Å². The van der Waals surface area contributed by atoms with Crippen molar-refractivity contribution in [2.24, 2.45) is 0 Å². The van der Waals surface area contributed by atoms with Crippen LogP contribution in [-0.2, 0) is 12.8 Å². The molecule has 0 atom stereocenters. The van der Waals surface area contributed by atoms with Gasteiger partial charge in [-0.1, -0.05) is 30.3 Å². The highest BCUT2D eigenvalue weighted by molar-refractivity contribution is 5.69. The Morgan fingerprint density at radius 2 is 1.83 bits per heavy atom. The van der Waals surface area contributed by atoms with Crippen LogP contribution in [0.1, 0.15) is 11.1 Å². The SMILES string of the molecule is N#CCc1ccc(N2CCc3ccccc32)cc1. The van der Waals surface area contributed by atoms with Crippen LogP contribution in [0.4, 0.5) is 11.4 Å². The standard InChI is InChI=1S/C16H14N2/c17-11-9-13-5-7-15(8-6-13)18-12-10-14-3-1-2-4-16(14)18/h1-8H,9-10,12H2. The molecular weight excluding hydrogens is 220 g/mol. The van der Waals surface area contributed by atoms with Crippen molar-refractivity contribution < 1.29 is 0 Å². The second-order valence-corrected chi connectivity index (χ2v) is 4.53. The van der Waals surface area contributed by atoms with Gasteiger partial charge in [-0.2, -0.15) is 5.26 Å². The molecule has 0 aromatic heterocycles. The average molecular weight is 234 g/mol. The monoisotopic (exact) mass is 234 g/mol. The van der Waals surface area contributed by atoms with Crippen LogP contribution in [-0.4, -0.2) is 6.54 Å². The van der Waals surface area contributed by atoms with Crippen molar-refractivity contribution in [3.8, 4) is 6.07 Å². The highest BCUT2D eigenvalue weighted by Gasteiger charge is 2.19. The van der Waals surface area contributed by atoms with Crippen molar-refractivity contribution in [1.29, 1.82) is 5.26 Å². The van der Waals surface area contributed by atoms with E-state index in [2.05, 4.69) is 47.4 Å². The minimum atomic E-state index is 0.483. The summed E-state index contributed by atoms with van der Waals surface area (Å²) in [7, 11) is 0. The van der Waals surface area contributed by atoms with E-state index in [1.54, 1.807) is 0 Å². The molecule has 2 nitrogen and oxygen atoms in total. The van der Waals surface area contributed by atoms with Crippen LogP contribution >= 0.6 is 0 Å². The van der Waals surface area contributed by atoms with Gasteiger partial charge in [-0.05, 0) is 35.7 Å². The van der Waals surface area contributed by atoms with Gasteiger partial charge in [-0.3, -0.25) is 0 Å². The van der Waals surface area contributed by atoms with Crippen molar-refractivity contribution in [2.75, 3.05) is 11.4 Å². The van der Waals surface area contributed by atoms with Gasteiger partial charge in [0.05, 0.1) is 12.5 Å². The third-order valence-corrected chi connectivity index (χ3v) is 3.42. The second kappa shape index (κ2) is 4.54. The normalized spacial score (nSPS) is 13.2. The van der Waals surface area contributed by atoms with Crippen LogP contribution in [0.5, 0.6) is 0 Å². The molecule has 3 rings (SSSR count). The van der Waals surface area contributed by atoms with Gasteiger partial charge in [0.25, 0.3) is 0 Å². The number of rotatable bonds is 2. The Balaban J connectivity index is 1.91. The Hall–Kier alpha value is -2.27. The van der Waals surface area contributed by atoms with Gasteiger partial charge in [0.1, 0.15) is 0 Å². The topological polar surface area (TPSA) is 27.0 Å². The summed E-state index contributed by atoms with van der Waals surface area (Å²) in [6.45, 7) is 1.04. The minimum absolute atomic E-state index is 0.483. The quantitative estimate of drug-likeness (QED) is 0.795. The summed E-state index contributed by atoms with van der Waals surface area (Å²) in [4.78, 5) is 2.34. The third kappa shape index (κ3) is 1.84. The Bertz CT molecular complexity index is 593. The van der Waals surface area contributed by atoms with Gasteiger partial charge < -0.3 is 4.90 Å². The molecule has 0 unspecified atom stereocenters. The van der Waals surface area contributed by atoms with Gasteiger partial charge in [-0.25, -0.2) is 0 Å². The summed E-state index contributed by atoms with van der Waals surface area (Å²) in [5.41, 5.74) is 5.01. The van der Waals surface area contributed by atoms with Gasteiger partial charge in [0.2, 0.25) is 0 Å². The van der Waals surface area contributed by atoms with Crippen LogP contribution in [0, 0.1) is 11.3 Å². The predicted molar refractivity (Wildman–Crippen MR) is 72.9 cm³/mol. The molecule has 1 aliphatic rings. The second-order valence-electron chi connectivity index (χ2n) is 4.53. The van der Waals surface area contributed by atoms with E-state index in [0.29, 0.717) is 6.42 Å². The number of benzene rings is 2. The predicted octanol–water partition coefficient (Wildman–Crippen LogP) is 3.45. The first-order valence-corrected chi connectivity index (χ1v) is 6.20. The zero-order chi connectivity index (χ0) is 12.4. The first-order chi connectivity index (χ1) is 8.88. The van der Waals surface area contributed by atoms with Crippen LogP contribution < -0.4 is 4.90 Å². The molecule has 0 radical (unpaired) electrons. The number of fused-ring (bicyclic) bond motifs is 1. The molecule has 18 heavy (non-hydrogen) atoms. The Morgan fingerprint density at radius 3 is 2.61 bits per heavy atom. The maximum atomic E-state index is 8.67. The number of anilines is 2. The molecular formula is C16H14N2. The lowest BCUT2D eigenvalue weighted by Crippen LogP contribution is -2.12. The van der Waals surface area contributed by atoms with Crippen LogP contribution in [0.2, 0.25) is 0 Å². The average Bonchev–Trinajstić information content (AvgIpc) is 2.84. The highest BCUT2D eigenvalue weighted by atomic mass is 15.2. The zero-order valence-corrected chi connectivity index (χ0v) is 10.1. The number of nitriles is 1. The molecule has 1 aliphatic heterocycles. The molecule has 0 aliphatic carbocycles. The van der Waals surface area contributed by atoms with E-state index in [0.717, 1.165) is 18.5 Å². The zero-order valence-electron chi connectivity index (χ0n) is 10.1. The van der Waals surface area contributed by atoms with Crippen molar-refractivity contribution >= 4 is 11.4 Å². The maximum Gasteiger partial charge on any atom is 0.0669 e. The summed E-state index contributed by atoms with van der Waals surface area (Å²) in [6.07, 6.45) is 1.59. The fourth-order valence-corrected chi connectivity index (χ4v) is 2.49. The van der Waals surface area contributed by atoms with Gasteiger partial charge in [0, 0.05) is 17.9 Å². The van der Waals surface area contributed by atoms with Gasteiger partial charge in [0.15, 0.2) is 0 Å². The fourth-order valence-electron chi connectivity index (χ4n) is 2.49. The van der Waals surface area contributed by atoms with E-state index in [9.17, 15) is 0 Å². The highest BCUT2D eigenvalue weighted by Crippen LogP contribution is 2.34. The molecule has 88 valence electrons. The van der Waals surface area contributed by atoms with Crippen molar-refractivity contribution in [3.63, 3.8) is 0 Å². The lowest BCUT2D eigenvalue weighted by Gasteiger charge is -2.19. The molecule has 2 aromatic carbocycles. The summed E-state index contributed by atoms with van der Waals surface area (Å²) < 4.78 is 0. The van der Waals surface area contributed by atoms with Gasteiger partial charge in [-0.15, -0.1) is 0 Å². The largest absolute Gasteiger partial charge is 0.341 e. The summed E-state index contributed by atoms with van der Waals surface area (Å²) in [5, 5.41) is 8.67. The lowest BCUT2D eigenvalue weighted by molar-refractivity contribution is 0.997. The number of hydrogen-bond donors (Lipinski definition) is 0. The number of nitrogens with zero attached hydrogens (tertiary/aromatic N) is 2. The summed E-state index contributed by atoms with van der Waals surface area (Å²) >= 11 is 0. The maximum absolute atomic E-state index is 8.67. The lowest BCUT2D eigenvalue weighted by atomic mass is 10.1. The molecule has 2 aromatic rings. The first kappa shape index (κ1) is 10.9. The molecule has 0 saturated carbocycles. The number of para-hydroxylation sites is 1. The van der Waals surface area contributed by atoms with E-state index in [1.807, 2.05) is 12.1 Å². The molecule has 0 bridgehead atoms. The molecule has 1 heterocycles. The third-order valence-electron chi connectivity index (χ3n) is 3.42. The Morgan fingerprint density at radius 1 is 1.06 bits per heavy atom. The molecule has 0 spiro atoms. The van der Waals surface area contributed by atoms with Gasteiger partial charge >= 0.3 is 0 Å². The smallest absolute Gasteiger partial charge is 0.0669 e. The van der Waals surface area contributed by atoms with Crippen LogP contribution in [0.3, 0.4) is 0 Å². The van der Waals surface area contributed by atoms with Crippen molar-refractivity contribution in [2.45, 2.75) is 12.8 Å². The Kier molecular flexibility index (Phi) is 2.74. The fraction of sp³-hybridized carbons (Fsp3) is 0.188. The Labute approximate surface area is 107 Å². The molecule has 2 heteroatoms. The van der Waals surface area contributed by atoms with Crippen LogP contribution in [0.15, 0.2) is 48.5 Å². The van der Waals surface area contributed by atoms with E-state index < -0.39 is 0 Å². The van der Waals surface area contributed by atoms with Crippen LogP contribution in [0.25, 0.3) is 0 Å². The van der Waals surface area contributed by atoms with E-state index >= 15 is 0 Å². The van der Waals surface area contributed by atoms with E-state index in [1.165, 1.54) is 16.9 Å². The first-order valence-electron chi connectivity index (χ1n) is 6.20. The van der Waals surface area contributed by atoms with Crippen molar-refractivity contribution in [3.05, 3.63) is 59.7 Å². The molecule has 0 fully saturated rings. The summed E-state index contributed by atoms with van der Waals surface area (Å²) in [5.74, 6) is 0. The molecule has 0 amide bonds.